The van der Waals surface area contributed by atoms with Gasteiger partial charge in [0, 0.05) is 16.8 Å². The van der Waals surface area contributed by atoms with Crippen LogP contribution in [-0.4, -0.2) is 31.1 Å². The van der Waals surface area contributed by atoms with Crippen LogP contribution in [0.15, 0.2) is 36.4 Å². The van der Waals surface area contributed by atoms with Crippen LogP contribution in [0.2, 0.25) is 0 Å². The molecular formula is C23H22F4N2O3. The van der Waals surface area contributed by atoms with Crippen LogP contribution in [0.3, 0.4) is 0 Å². The quantitative estimate of drug-likeness (QED) is 0.616. The molecule has 3 aliphatic rings. The molecule has 2 aromatic rings. The molecule has 1 fully saturated rings. The van der Waals surface area contributed by atoms with Crippen LogP contribution in [0.25, 0.3) is 0 Å². The van der Waals surface area contributed by atoms with Gasteiger partial charge in [0.1, 0.15) is 18.1 Å². The molecule has 2 amide bonds. The Morgan fingerprint density at radius 2 is 1.69 bits per heavy atom. The molecule has 0 aromatic heterocycles. The zero-order valence-corrected chi connectivity index (χ0v) is 17.1. The lowest BCUT2D eigenvalue weighted by Crippen LogP contribution is -2.36. The fourth-order valence-corrected chi connectivity index (χ4v) is 4.63. The van der Waals surface area contributed by atoms with E-state index in [0.29, 0.717) is 17.0 Å². The van der Waals surface area contributed by atoms with E-state index >= 15 is 0 Å². The summed E-state index contributed by atoms with van der Waals surface area (Å²) in [6, 6.07) is 8.79. The van der Waals surface area contributed by atoms with Crippen molar-refractivity contribution in [1.29, 1.82) is 0 Å². The minimum Gasteiger partial charge on any atom is -0.483 e. The van der Waals surface area contributed by atoms with Crippen molar-refractivity contribution >= 4 is 17.5 Å². The molecule has 5 rings (SSSR count). The van der Waals surface area contributed by atoms with Gasteiger partial charge in [-0.3, -0.25) is 9.59 Å². The number of halogens is 4. The fraction of sp³-hybridized carbons (Fsp3) is 0.391. The highest BCUT2D eigenvalue weighted by Gasteiger charge is 2.38. The zero-order valence-electron chi connectivity index (χ0n) is 17.1. The lowest BCUT2D eigenvalue weighted by atomic mass is 9.65. The van der Waals surface area contributed by atoms with Crippen molar-refractivity contribution in [2.45, 2.75) is 43.7 Å². The molecule has 1 saturated carbocycles. The van der Waals surface area contributed by atoms with Crippen molar-refractivity contribution in [3.05, 3.63) is 58.9 Å². The smallest absolute Gasteiger partial charge is 0.405 e. The van der Waals surface area contributed by atoms with Crippen LogP contribution < -0.4 is 15.4 Å². The largest absolute Gasteiger partial charge is 0.483 e. The molecule has 0 heterocycles. The molecule has 0 atom stereocenters. The van der Waals surface area contributed by atoms with E-state index in [1.807, 2.05) is 0 Å². The van der Waals surface area contributed by atoms with Crippen LogP contribution in [0, 0.1) is 5.82 Å². The van der Waals surface area contributed by atoms with E-state index in [0.717, 1.165) is 36.8 Å². The molecular weight excluding hydrogens is 428 g/mol. The average molecular weight is 450 g/mol. The molecule has 0 unspecified atom stereocenters. The van der Waals surface area contributed by atoms with E-state index in [4.69, 9.17) is 4.74 Å². The van der Waals surface area contributed by atoms with E-state index in [2.05, 4.69) is 5.32 Å². The highest BCUT2D eigenvalue weighted by molar-refractivity contribution is 6.06. The molecule has 2 aromatic carbocycles. The van der Waals surface area contributed by atoms with Gasteiger partial charge in [-0.25, -0.2) is 4.39 Å². The number of hydrogen-bond donors (Lipinski definition) is 2. The van der Waals surface area contributed by atoms with Gasteiger partial charge in [-0.1, -0.05) is 6.07 Å². The second kappa shape index (κ2) is 8.80. The number of fused-ring (bicyclic) bond motifs is 2. The molecule has 0 spiro atoms. The van der Waals surface area contributed by atoms with E-state index in [1.54, 1.807) is 23.5 Å². The number of carbonyl (C=O) groups is 2. The predicted molar refractivity (Wildman–Crippen MR) is 109 cm³/mol. The third-order valence-electron chi connectivity index (χ3n) is 5.96. The topological polar surface area (TPSA) is 67.4 Å². The molecule has 0 aliphatic heterocycles. The van der Waals surface area contributed by atoms with Crippen molar-refractivity contribution in [1.82, 2.24) is 5.32 Å². The highest BCUT2D eigenvalue weighted by Crippen LogP contribution is 2.53. The summed E-state index contributed by atoms with van der Waals surface area (Å²) >= 11 is 0. The van der Waals surface area contributed by atoms with Gasteiger partial charge in [-0.05, 0) is 73.4 Å². The zero-order chi connectivity index (χ0) is 22.9. The number of benzene rings is 2. The van der Waals surface area contributed by atoms with Gasteiger partial charge in [0.15, 0.2) is 6.61 Å². The summed E-state index contributed by atoms with van der Waals surface area (Å²) in [5.41, 5.74) is 2.51. The number of rotatable bonds is 6. The Morgan fingerprint density at radius 1 is 1.00 bits per heavy atom. The number of ether oxygens (including phenoxy) is 1. The molecule has 3 aliphatic carbocycles. The molecule has 2 N–H and O–H groups in total. The summed E-state index contributed by atoms with van der Waals surface area (Å²) < 4.78 is 55.9. The van der Waals surface area contributed by atoms with Crippen LogP contribution in [0.4, 0.5) is 23.2 Å². The van der Waals surface area contributed by atoms with Crippen LogP contribution in [0.1, 0.15) is 59.0 Å². The molecule has 0 radical (unpaired) electrons. The number of alkyl halides is 3. The summed E-state index contributed by atoms with van der Waals surface area (Å²) in [5, 5.41) is 4.50. The number of nitrogens with one attached hydrogen (secondary N) is 2. The maximum absolute atomic E-state index is 13.5. The summed E-state index contributed by atoms with van der Waals surface area (Å²) in [6.45, 7) is -1.97. The molecule has 2 bridgehead atoms. The number of anilines is 1. The van der Waals surface area contributed by atoms with E-state index in [-0.39, 0.29) is 17.7 Å². The number of hydrogen-bond acceptors (Lipinski definition) is 3. The van der Waals surface area contributed by atoms with E-state index in [9.17, 15) is 27.2 Å². The summed E-state index contributed by atoms with van der Waals surface area (Å²) in [6.07, 6.45) is -0.807. The van der Waals surface area contributed by atoms with E-state index in [1.165, 1.54) is 18.2 Å². The van der Waals surface area contributed by atoms with Gasteiger partial charge in [-0.15, -0.1) is 0 Å². The van der Waals surface area contributed by atoms with Crippen molar-refractivity contribution in [3.63, 3.8) is 0 Å². The molecule has 5 nitrogen and oxygen atoms in total. The molecule has 170 valence electrons. The molecule has 32 heavy (non-hydrogen) atoms. The standard InChI is InChI=1S/C23H22F4N2O3/c24-15-2-1-3-16(10-15)29-22(31)17-8-9-18(32-11-19(30)28-12-23(25,26)27)21-14-6-4-13(5-7-14)20(17)21/h1-3,8-10,13-14H,4-7,11-12H2,(H,28,30)(H,29,31). The first-order chi connectivity index (χ1) is 15.2. The van der Waals surface area contributed by atoms with Gasteiger partial charge < -0.3 is 15.4 Å². The Morgan fingerprint density at radius 3 is 2.34 bits per heavy atom. The van der Waals surface area contributed by atoms with Gasteiger partial charge in [0.05, 0.1) is 0 Å². The normalized spacial score (nSPS) is 19.2. The maximum Gasteiger partial charge on any atom is 0.405 e. The van der Waals surface area contributed by atoms with Crippen LogP contribution in [0.5, 0.6) is 5.75 Å². The Labute approximate surface area is 182 Å². The lowest BCUT2D eigenvalue weighted by molar-refractivity contribution is -0.139. The average Bonchev–Trinajstić information content (AvgIpc) is 2.76. The number of amides is 2. The first-order valence-corrected chi connectivity index (χ1v) is 10.4. The summed E-state index contributed by atoms with van der Waals surface area (Å²) in [7, 11) is 0. The Kier molecular flexibility index (Phi) is 6.08. The second-order valence-corrected chi connectivity index (χ2v) is 8.13. The third kappa shape index (κ3) is 4.87. The first kappa shape index (κ1) is 22.1. The van der Waals surface area contributed by atoms with Crippen molar-refractivity contribution in [2.75, 3.05) is 18.5 Å². The third-order valence-corrected chi connectivity index (χ3v) is 5.96. The second-order valence-electron chi connectivity index (χ2n) is 8.13. The first-order valence-electron chi connectivity index (χ1n) is 10.4. The van der Waals surface area contributed by atoms with Crippen molar-refractivity contribution in [2.24, 2.45) is 0 Å². The van der Waals surface area contributed by atoms with Gasteiger partial charge in [-0.2, -0.15) is 13.2 Å². The van der Waals surface area contributed by atoms with Crippen molar-refractivity contribution < 1.29 is 31.9 Å². The Balaban J connectivity index is 1.56. The Bertz CT molecular complexity index is 1030. The van der Waals surface area contributed by atoms with Crippen LogP contribution in [-0.2, 0) is 4.79 Å². The van der Waals surface area contributed by atoms with Crippen LogP contribution >= 0.6 is 0 Å². The summed E-state index contributed by atoms with van der Waals surface area (Å²) in [4.78, 5) is 24.8. The molecule has 0 saturated heterocycles. The van der Waals surface area contributed by atoms with Gasteiger partial charge in [0.2, 0.25) is 0 Å². The predicted octanol–water partition coefficient (Wildman–Crippen LogP) is 4.89. The SMILES string of the molecule is O=C(COc1ccc(C(=O)Nc2cccc(F)c2)c2c1C1CCC2CC1)NCC(F)(F)F. The monoisotopic (exact) mass is 450 g/mol. The van der Waals surface area contributed by atoms with E-state index < -0.39 is 31.1 Å². The highest BCUT2D eigenvalue weighted by atomic mass is 19.4. The Hall–Kier alpha value is -3.10. The van der Waals surface area contributed by atoms with Gasteiger partial charge >= 0.3 is 6.18 Å². The fourth-order valence-electron chi connectivity index (χ4n) is 4.63. The van der Waals surface area contributed by atoms with Crippen molar-refractivity contribution in [3.8, 4) is 5.75 Å². The number of carbonyl (C=O) groups excluding carboxylic acids is 2. The molecule has 9 heteroatoms. The lowest BCUT2D eigenvalue weighted by Gasteiger charge is -2.40. The summed E-state index contributed by atoms with van der Waals surface area (Å²) in [5.74, 6) is -0.967. The minimum absolute atomic E-state index is 0.158. The maximum atomic E-state index is 13.5. The minimum atomic E-state index is -4.50. The van der Waals surface area contributed by atoms with Gasteiger partial charge in [0.25, 0.3) is 11.8 Å².